The van der Waals surface area contributed by atoms with Crippen molar-refractivity contribution >= 4 is 10.9 Å². The molecule has 2 N–H and O–H groups in total. The molecule has 1 aromatic carbocycles. The summed E-state index contributed by atoms with van der Waals surface area (Å²) in [6.07, 6.45) is 1.75. The number of hydrogen-bond donors (Lipinski definition) is 2. The number of tetrazole rings is 1. The van der Waals surface area contributed by atoms with Crippen LogP contribution in [0.25, 0.3) is 10.9 Å². The monoisotopic (exact) mass is 412 g/mol. The molecular weight excluding hydrogens is 380 g/mol. The predicted octanol–water partition coefficient (Wildman–Crippen LogP) is 2.91. The molecule has 0 saturated carbocycles. The van der Waals surface area contributed by atoms with E-state index in [1.54, 1.807) is 0 Å². The average molecular weight is 413 g/mol. The lowest BCUT2D eigenvalue weighted by Crippen LogP contribution is -2.37. The first-order valence-electron chi connectivity index (χ1n) is 10.5. The van der Waals surface area contributed by atoms with Gasteiger partial charge in [0.1, 0.15) is 0 Å². The van der Waals surface area contributed by atoms with Crippen LogP contribution in [0.15, 0.2) is 29.1 Å². The van der Waals surface area contributed by atoms with Crippen LogP contribution in [0, 0.1) is 6.92 Å². The maximum atomic E-state index is 12.8. The predicted molar refractivity (Wildman–Crippen MR) is 117 cm³/mol. The van der Waals surface area contributed by atoms with Crippen LogP contribution < -0.4 is 5.56 Å². The van der Waals surface area contributed by atoms with E-state index in [2.05, 4.69) is 59.2 Å². The third-order valence-corrected chi connectivity index (χ3v) is 5.27. The van der Waals surface area contributed by atoms with Gasteiger partial charge < -0.3 is 10.1 Å². The van der Waals surface area contributed by atoms with Crippen molar-refractivity contribution in [3.63, 3.8) is 0 Å². The number of nitrogens with zero attached hydrogens (tertiary/aromatic N) is 5. The van der Waals surface area contributed by atoms with Crippen LogP contribution >= 0.6 is 0 Å². The van der Waals surface area contributed by atoms with Crippen LogP contribution in [-0.4, -0.2) is 48.3 Å². The summed E-state index contributed by atoms with van der Waals surface area (Å²) in [5.74, 6) is 0.755. The van der Waals surface area contributed by atoms with Crippen molar-refractivity contribution in [2.45, 2.75) is 65.6 Å². The molecule has 30 heavy (non-hydrogen) atoms. The maximum absolute atomic E-state index is 12.8. The van der Waals surface area contributed by atoms with Gasteiger partial charge in [0, 0.05) is 24.2 Å². The highest BCUT2D eigenvalue weighted by Crippen LogP contribution is 2.28. The van der Waals surface area contributed by atoms with Crippen molar-refractivity contribution in [3.05, 3.63) is 51.6 Å². The third-order valence-electron chi connectivity index (χ3n) is 5.27. The van der Waals surface area contributed by atoms with Crippen molar-refractivity contribution in [3.8, 4) is 0 Å². The topological polar surface area (TPSA) is 99.9 Å². The molecule has 0 radical (unpaired) electrons. The second kappa shape index (κ2) is 9.06. The van der Waals surface area contributed by atoms with E-state index in [0.29, 0.717) is 18.7 Å². The van der Waals surface area contributed by atoms with E-state index in [-0.39, 0.29) is 23.7 Å². The van der Waals surface area contributed by atoms with E-state index in [4.69, 9.17) is 0 Å². The number of aryl methyl sites for hydroxylation is 1. The molecule has 8 nitrogen and oxygen atoms in total. The molecule has 3 aromatic rings. The molecule has 1 atom stereocenters. The van der Waals surface area contributed by atoms with Crippen LogP contribution in [0.2, 0.25) is 0 Å². The van der Waals surface area contributed by atoms with Crippen LogP contribution in [0.5, 0.6) is 0 Å². The molecule has 0 fully saturated rings. The Morgan fingerprint density at radius 3 is 2.70 bits per heavy atom. The van der Waals surface area contributed by atoms with Crippen molar-refractivity contribution < 1.29 is 5.11 Å². The molecule has 162 valence electrons. The first-order valence-corrected chi connectivity index (χ1v) is 10.5. The second-order valence-electron chi connectivity index (χ2n) is 8.83. The number of hydrogen-bond acceptors (Lipinski definition) is 6. The number of aliphatic hydroxyl groups is 1. The third kappa shape index (κ3) is 4.76. The molecule has 8 heteroatoms. The van der Waals surface area contributed by atoms with Gasteiger partial charge in [-0.05, 0) is 68.1 Å². The summed E-state index contributed by atoms with van der Waals surface area (Å²) in [5, 5.41) is 23.2. The molecule has 0 aliphatic carbocycles. The zero-order valence-electron chi connectivity index (χ0n) is 18.5. The quantitative estimate of drug-likeness (QED) is 0.590. The summed E-state index contributed by atoms with van der Waals surface area (Å²) in [6.45, 7) is 11.1. The number of fused-ring (bicyclic) bond motifs is 1. The highest BCUT2D eigenvalue weighted by atomic mass is 16.3. The van der Waals surface area contributed by atoms with Gasteiger partial charge in [0.2, 0.25) is 0 Å². The van der Waals surface area contributed by atoms with Crippen molar-refractivity contribution in [1.29, 1.82) is 0 Å². The Labute approximate surface area is 176 Å². The van der Waals surface area contributed by atoms with E-state index < -0.39 is 0 Å². The zero-order chi connectivity index (χ0) is 21.9. The van der Waals surface area contributed by atoms with E-state index in [1.807, 2.05) is 29.8 Å². The fraction of sp³-hybridized carbons (Fsp3) is 0.545. The Morgan fingerprint density at radius 2 is 2.03 bits per heavy atom. The molecule has 2 aromatic heterocycles. The minimum atomic E-state index is -0.270. The van der Waals surface area contributed by atoms with Gasteiger partial charge in [0.05, 0.1) is 18.2 Å². The normalized spacial score (nSPS) is 13.3. The number of benzene rings is 1. The first kappa shape index (κ1) is 22.1. The van der Waals surface area contributed by atoms with Crippen LogP contribution in [0.3, 0.4) is 0 Å². The molecule has 0 unspecified atom stereocenters. The van der Waals surface area contributed by atoms with Crippen molar-refractivity contribution in [2.75, 3.05) is 13.2 Å². The van der Waals surface area contributed by atoms with Gasteiger partial charge in [-0.2, -0.15) is 0 Å². The number of aromatic amines is 1. The largest absolute Gasteiger partial charge is 0.395 e. The molecule has 0 amide bonds. The lowest BCUT2D eigenvalue weighted by Gasteiger charge is -2.32. The standard InChI is InChI=1S/C22H32N6O2/c1-6-7-19(20-24-25-26-28(20)22(3,4)5)27(10-11-29)14-17-13-16-12-15(2)8-9-18(16)23-21(17)30/h8-9,12-13,19,29H,6-7,10-11,14H2,1-5H3,(H,23,30)/t19-/m1/s1. The lowest BCUT2D eigenvalue weighted by atomic mass is 10.0. The molecular formula is C22H32N6O2. The van der Waals surface area contributed by atoms with Crippen LogP contribution in [-0.2, 0) is 12.1 Å². The summed E-state index contributed by atoms with van der Waals surface area (Å²) >= 11 is 0. The Kier molecular flexibility index (Phi) is 6.67. The smallest absolute Gasteiger partial charge is 0.252 e. The Morgan fingerprint density at radius 1 is 1.27 bits per heavy atom. The summed E-state index contributed by atoms with van der Waals surface area (Å²) in [4.78, 5) is 17.8. The summed E-state index contributed by atoms with van der Waals surface area (Å²) < 4.78 is 1.84. The van der Waals surface area contributed by atoms with Crippen molar-refractivity contribution in [2.24, 2.45) is 0 Å². The summed E-state index contributed by atoms with van der Waals surface area (Å²) in [5.41, 5.74) is 2.25. The number of nitrogens with one attached hydrogen (secondary N) is 1. The van der Waals surface area contributed by atoms with Gasteiger partial charge in [-0.25, -0.2) is 4.68 Å². The zero-order valence-corrected chi connectivity index (χ0v) is 18.5. The van der Waals surface area contributed by atoms with E-state index in [1.165, 1.54) is 0 Å². The van der Waals surface area contributed by atoms with Crippen LogP contribution in [0.1, 0.15) is 63.5 Å². The van der Waals surface area contributed by atoms with Gasteiger partial charge in [-0.3, -0.25) is 9.69 Å². The maximum Gasteiger partial charge on any atom is 0.252 e. The first-order chi connectivity index (χ1) is 14.2. The molecule has 0 saturated heterocycles. The molecule has 0 spiro atoms. The fourth-order valence-corrected chi connectivity index (χ4v) is 3.81. The van der Waals surface area contributed by atoms with Gasteiger partial charge in [0.15, 0.2) is 5.82 Å². The second-order valence-corrected chi connectivity index (χ2v) is 8.83. The summed E-state index contributed by atoms with van der Waals surface area (Å²) in [6, 6.07) is 7.82. The molecule has 0 aliphatic rings. The molecule has 0 aliphatic heterocycles. The van der Waals surface area contributed by atoms with E-state index in [9.17, 15) is 9.90 Å². The highest BCUT2D eigenvalue weighted by molar-refractivity contribution is 5.79. The lowest BCUT2D eigenvalue weighted by molar-refractivity contribution is 0.123. The van der Waals surface area contributed by atoms with Crippen molar-refractivity contribution in [1.82, 2.24) is 30.1 Å². The van der Waals surface area contributed by atoms with Gasteiger partial charge >= 0.3 is 0 Å². The number of aliphatic hydroxyl groups excluding tert-OH is 1. The highest BCUT2D eigenvalue weighted by Gasteiger charge is 2.29. The van der Waals surface area contributed by atoms with E-state index >= 15 is 0 Å². The average Bonchev–Trinajstić information content (AvgIpc) is 3.16. The fourth-order valence-electron chi connectivity index (χ4n) is 3.81. The van der Waals surface area contributed by atoms with E-state index in [0.717, 1.165) is 35.1 Å². The van der Waals surface area contributed by atoms with Gasteiger partial charge in [-0.15, -0.1) is 5.10 Å². The molecule has 3 rings (SSSR count). The van der Waals surface area contributed by atoms with Gasteiger partial charge in [-0.1, -0.05) is 25.0 Å². The van der Waals surface area contributed by atoms with Gasteiger partial charge in [0.25, 0.3) is 5.56 Å². The Balaban J connectivity index is 2.01. The Hall–Kier alpha value is -2.58. The minimum absolute atomic E-state index is 0.0120. The number of pyridine rings is 1. The number of aromatic nitrogens is 5. The Bertz CT molecular complexity index is 1050. The van der Waals surface area contributed by atoms with Crippen LogP contribution in [0.4, 0.5) is 0 Å². The summed E-state index contributed by atoms with van der Waals surface area (Å²) in [7, 11) is 0. The minimum Gasteiger partial charge on any atom is -0.395 e. The molecule has 2 heterocycles. The molecule has 0 bridgehead atoms. The number of H-pyrrole nitrogens is 1. The number of rotatable bonds is 8. The SMILES string of the molecule is CCC[C@H](c1nnnn1C(C)(C)C)N(CCO)Cc1cc2cc(C)ccc2[nH]c1=O.